The van der Waals surface area contributed by atoms with E-state index in [9.17, 15) is 18.3 Å². The third kappa shape index (κ3) is 5.23. The van der Waals surface area contributed by atoms with Crippen molar-refractivity contribution in [2.24, 2.45) is 0 Å². The second-order valence-corrected chi connectivity index (χ2v) is 5.11. The lowest BCUT2D eigenvalue weighted by atomic mass is 10.3. The molecule has 2 N–H and O–H groups in total. The lowest BCUT2D eigenvalue weighted by molar-refractivity contribution is -0.149. The summed E-state index contributed by atoms with van der Waals surface area (Å²) in [5.41, 5.74) is 0. The first kappa shape index (κ1) is 13.1. The van der Waals surface area contributed by atoms with Gasteiger partial charge < -0.3 is 10.4 Å². The summed E-state index contributed by atoms with van der Waals surface area (Å²) in [5, 5.41) is 12.8. The monoisotopic (exact) mass is 252 g/mol. The van der Waals surface area contributed by atoms with Gasteiger partial charge in [-0.05, 0) is 25.7 Å². The molecule has 0 spiro atoms. The van der Waals surface area contributed by atoms with Crippen molar-refractivity contribution in [1.29, 1.82) is 0 Å². The van der Waals surface area contributed by atoms with Crippen molar-refractivity contribution >= 4 is 0 Å². The van der Waals surface area contributed by atoms with Crippen LogP contribution in [-0.4, -0.2) is 54.0 Å². The van der Waals surface area contributed by atoms with Crippen LogP contribution in [0.5, 0.6) is 0 Å². The average Bonchev–Trinajstić information content (AvgIpc) is 3.04. The van der Waals surface area contributed by atoms with Gasteiger partial charge in [-0.2, -0.15) is 13.2 Å². The van der Waals surface area contributed by atoms with E-state index in [0.717, 1.165) is 25.7 Å². The van der Waals surface area contributed by atoms with Crippen molar-refractivity contribution in [3.05, 3.63) is 0 Å². The molecule has 6 heteroatoms. The minimum atomic E-state index is -4.17. The second-order valence-electron chi connectivity index (χ2n) is 5.11. The van der Waals surface area contributed by atoms with Crippen LogP contribution in [0.15, 0.2) is 0 Å². The molecule has 0 saturated heterocycles. The van der Waals surface area contributed by atoms with Gasteiger partial charge in [0.2, 0.25) is 0 Å². The Hall–Kier alpha value is -0.330. The van der Waals surface area contributed by atoms with Crippen LogP contribution < -0.4 is 5.32 Å². The second kappa shape index (κ2) is 5.12. The van der Waals surface area contributed by atoms with E-state index in [2.05, 4.69) is 5.32 Å². The van der Waals surface area contributed by atoms with Crippen molar-refractivity contribution in [1.82, 2.24) is 10.2 Å². The van der Waals surface area contributed by atoms with Crippen LogP contribution in [0.25, 0.3) is 0 Å². The lowest BCUT2D eigenvalue weighted by Gasteiger charge is -2.26. The topological polar surface area (TPSA) is 35.5 Å². The maximum absolute atomic E-state index is 12.3. The molecule has 0 heterocycles. The van der Waals surface area contributed by atoms with Gasteiger partial charge in [-0.25, -0.2) is 0 Å². The number of aliphatic hydroxyl groups excluding tert-OH is 1. The molecule has 2 rings (SSSR count). The van der Waals surface area contributed by atoms with E-state index >= 15 is 0 Å². The molecular weight excluding hydrogens is 233 g/mol. The molecule has 0 aromatic rings. The molecule has 0 aromatic heterocycles. The zero-order chi connectivity index (χ0) is 12.5. The van der Waals surface area contributed by atoms with Gasteiger partial charge >= 0.3 is 6.18 Å². The standard InChI is InChI=1S/C11H19F3N2O/c12-11(13,14)7-16(9-3-4-9)6-10(17)5-15-8-1-2-8/h8-10,15,17H,1-7H2. The van der Waals surface area contributed by atoms with Gasteiger partial charge in [0.05, 0.1) is 12.6 Å². The lowest BCUT2D eigenvalue weighted by Crippen LogP contribution is -2.43. The van der Waals surface area contributed by atoms with Crippen molar-refractivity contribution < 1.29 is 18.3 Å². The predicted octanol–water partition coefficient (Wildman–Crippen LogP) is 1.13. The molecule has 17 heavy (non-hydrogen) atoms. The van der Waals surface area contributed by atoms with Crippen molar-refractivity contribution in [2.75, 3.05) is 19.6 Å². The fourth-order valence-electron chi connectivity index (χ4n) is 1.94. The zero-order valence-corrected chi connectivity index (χ0v) is 9.71. The molecule has 1 unspecified atom stereocenters. The number of nitrogens with zero attached hydrogens (tertiary/aromatic N) is 1. The summed E-state index contributed by atoms with van der Waals surface area (Å²) in [6.45, 7) is -0.395. The van der Waals surface area contributed by atoms with Crippen LogP contribution in [0.1, 0.15) is 25.7 Å². The smallest absolute Gasteiger partial charge is 0.390 e. The Balaban J connectivity index is 1.71. The fraction of sp³-hybridized carbons (Fsp3) is 1.00. The van der Waals surface area contributed by atoms with Crippen LogP contribution in [0, 0.1) is 0 Å². The first-order valence-electron chi connectivity index (χ1n) is 6.16. The van der Waals surface area contributed by atoms with Gasteiger partial charge in [0.15, 0.2) is 0 Å². The van der Waals surface area contributed by atoms with Crippen molar-refractivity contribution in [3.8, 4) is 0 Å². The molecule has 100 valence electrons. The highest BCUT2D eigenvalue weighted by Gasteiger charge is 2.38. The molecule has 0 amide bonds. The zero-order valence-electron chi connectivity index (χ0n) is 9.71. The van der Waals surface area contributed by atoms with Crippen LogP contribution in [-0.2, 0) is 0 Å². The summed E-state index contributed by atoms with van der Waals surface area (Å²) in [6.07, 6.45) is -1.02. The highest BCUT2D eigenvalue weighted by Crippen LogP contribution is 2.30. The highest BCUT2D eigenvalue weighted by molar-refractivity contribution is 4.88. The Bertz CT molecular complexity index is 252. The number of hydrogen-bond acceptors (Lipinski definition) is 3. The van der Waals surface area contributed by atoms with E-state index in [4.69, 9.17) is 0 Å². The quantitative estimate of drug-likeness (QED) is 0.713. The largest absolute Gasteiger partial charge is 0.401 e. The Kier molecular flexibility index (Phi) is 3.95. The van der Waals surface area contributed by atoms with E-state index in [1.807, 2.05) is 0 Å². The van der Waals surface area contributed by atoms with Gasteiger partial charge in [-0.1, -0.05) is 0 Å². The molecule has 0 aromatic carbocycles. The number of halogens is 3. The third-order valence-corrected chi connectivity index (χ3v) is 3.11. The molecule has 0 bridgehead atoms. The van der Waals surface area contributed by atoms with Crippen LogP contribution in [0.3, 0.4) is 0 Å². The van der Waals surface area contributed by atoms with Crippen molar-refractivity contribution in [3.63, 3.8) is 0 Å². The van der Waals surface area contributed by atoms with Crippen LogP contribution in [0.2, 0.25) is 0 Å². The summed E-state index contributed by atoms with van der Waals surface area (Å²) in [6, 6.07) is 0.494. The Morgan fingerprint density at radius 3 is 2.35 bits per heavy atom. The van der Waals surface area contributed by atoms with E-state index in [-0.39, 0.29) is 12.6 Å². The Labute approximate surface area is 99.0 Å². The molecule has 2 aliphatic carbocycles. The molecule has 0 aliphatic heterocycles. The molecular formula is C11H19F3N2O. The summed E-state index contributed by atoms with van der Waals surface area (Å²) >= 11 is 0. The third-order valence-electron chi connectivity index (χ3n) is 3.11. The maximum Gasteiger partial charge on any atom is 0.401 e. The average molecular weight is 252 g/mol. The van der Waals surface area contributed by atoms with E-state index in [1.165, 1.54) is 4.90 Å². The number of aliphatic hydroxyl groups is 1. The normalized spacial score (nSPS) is 23.1. The highest BCUT2D eigenvalue weighted by atomic mass is 19.4. The molecule has 3 nitrogen and oxygen atoms in total. The van der Waals surface area contributed by atoms with Gasteiger partial charge in [0, 0.05) is 25.2 Å². The van der Waals surface area contributed by atoms with Crippen LogP contribution >= 0.6 is 0 Å². The van der Waals surface area contributed by atoms with Gasteiger partial charge in [0.1, 0.15) is 0 Å². The number of nitrogens with one attached hydrogen (secondary N) is 1. The molecule has 1 atom stereocenters. The first-order chi connectivity index (χ1) is 7.94. The summed E-state index contributed by atoms with van der Waals surface area (Å²) < 4.78 is 37.0. The van der Waals surface area contributed by atoms with Gasteiger partial charge in [-0.3, -0.25) is 4.90 Å². The summed E-state index contributed by atoms with van der Waals surface area (Å²) in [4.78, 5) is 1.36. The van der Waals surface area contributed by atoms with Crippen molar-refractivity contribution in [2.45, 2.75) is 50.0 Å². The molecule has 2 fully saturated rings. The number of rotatable bonds is 7. The maximum atomic E-state index is 12.3. The summed E-state index contributed by atoms with van der Waals surface area (Å²) in [5.74, 6) is 0. The number of alkyl halides is 3. The molecule has 2 aliphatic rings. The Morgan fingerprint density at radius 2 is 1.88 bits per heavy atom. The minimum Gasteiger partial charge on any atom is -0.390 e. The minimum absolute atomic E-state index is 0.0206. The van der Waals surface area contributed by atoms with E-state index < -0.39 is 18.8 Å². The SMILES string of the molecule is OC(CNC1CC1)CN(CC(F)(F)F)C1CC1. The van der Waals surface area contributed by atoms with Gasteiger partial charge in [0.25, 0.3) is 0 Å². The number of hydrogen-bond donors (Lipinski definition) is 2. The van der Waals surface area contributed by atoms with Crippen LogP contribution in [0.4, 0.5) is 13.2 Å². The fourth-order valence-corrected chi connectivity index (χ4v) is 1.94. The molecule has 2 saturated carbocycles. The van der Waals surface area contributed by atoms with Gasteiger partial charge in [-0.15, -0.1) is 0 Å². The van der Waals surface area contributed by atoms with E-state index in [1.54, 1.807) is 0 Å². The van der Waals surface area contributed by atoms with E-state index in [0.29, 0.717) is 12.6 Å². The summed E-state index contributed by atoms with van der Waals surface area (Å²) in [7, 11) is 0. The first-order valence-corrected chi connectivity index (χ1v) is 6.16. The Morgan fingerprint density at radius 1 is 1.24 bits per heavy atom. The molecule has 0 radical (unpaired) electrons. The predicted molar refractivity (Wildman–Crippen MR) is 57.7 cm³/mol.